The van der Waals surface area contributed by atoms with Crippen molar-refractivity contribution >= 4 is 11.7 Å². The van der Waals surface area contributed by atoms with Crippen LogP contribution >= 0.6 is 0 Å². The van der Waals surface area contributed by atoms with Crippen molar-refractivity contribution < 1.29 is 27.6 Å². The smallest absolute Gasteiger partial charge is 0.418 e. The maximum absolute atomic E-state index is 13.0. The molecule has 0 bridgehead atoms. The molecule has 9 heteroatoms. The molecular weight excluding hydrogens is 365 g/mol. The fourth-order valence-corrected chi connectivity index (χ4v) is 1.98. The Kier molecular flexibility index (Phi) is 9.70. The Labute approximate surface area is 155 Å². The number of halogens is 3. The monoisotopic (exact) mass is 386 g/mol. The Balaban J connectivity index is 0.00000158. The van der Waals surface area contributed by atoms with Gasteiger partial charge >= 0.3 is 12.1 Å². The van der Waals surface area contributed by atoms with Crippen LogP contribution in [0.3, 0.4) is 0 Å². The molecule has 0 aliphatic carbocycles. The summed E-state index contributed by atoms with van der Waals surface area (Å²) < 4.78 is 43.4. The zero-order valence-corrected chi connectivity index (χ0v) is 15.6. The van der Waals surface area contributed by atoms with Crippen LogP contribution in [0.4, 0.5) is 18.9 Å². The van der Waals surface area contributed by atoms with E-state index in [0.717, 1.165) is 43.6 Å². The van der Waals surface area contributed by atoms with Gasteiger partial charge in [-0.15, -0.1) is 0 Å². The van der Waals surface area contributed by atoms with E-state index in [0.29, 0.717) is 0 Å². The Morgan fingerprint density at radius 1 is 1.15 bits per heavy atom. The van der Waals surface area contributed by atoms with Crippen LogP contribution < -0.4 is 0 Å². The van der Waals surface area contributed by atoms with E-state index in [1.807, 2.05) is 27.7 Å². The molecule has 0 saturated carbocycles. The largest absolute Gasteiger partial charge is 0.465 e. The van der Waals surface area contributed by atoms with E-state index in [2.05, 4.69) is 9.72 Å². The van der Waals surface area contributed by atoms with Gasteiger partial charge in [-0.2, -0.15) is 13.2 Å². The van der Waals surface area contributed by atoms with Crippen molar-refractivity contribution in [2.45, 2.75) is 33.9 Å². The highest BCUT2D eigenvalue weighted by molar-refractivity contribution is 5.94. The molecule has 0 atom stereocenters. The molecule has 0 fully saturated rings. The average molecular weight is 386 g/mol. The number of hydrogen-bond acceptors (Lipinski definition) is 5. The van der Waals surface area contributed by atoms with E-state index in [4.69, 9.17) is 0 Å². The molecule has 0 saturated heterocycles. The maximum Gasteiger partial charge on any atom is 0.418 e. The van der Waals surface area contributed by atoms with Crippen LogP contribution in [0.1, 0.15) is 43.6 Å². The topological polar surface area (TPSA) is 82.3 Å². The highest BCUT2D eigenvalue weighted by Crippen LogP contribution is 2.37. The summed E-state index contributed by atoms with van der Waals surface area (Å²) in [6, 6.07) is 4.99. The number of aromatic nitrogens is 1. The molecule has 0 radical (unpaired) electrons. The van der Waals surface area contributed by atoms with Gasteiger partial charge in [-0.25, -0.2) is 4.79 Å². The average Bonchev–Trinajstić information content (AvgIpc) is 2.69. The molecule has 148 valence electrons. The number of ether oxygens (including phenoxy) is 1. The normalized spacial score (nSPS) is 9.93. The summed E-state index contributed by atoms with van der Waals surface area (Å²) in [5.41, 5.74) is -2.63. The minimum atomic E-state index is -4.67. The number of nitrogens with zero attached hydrogens (tertiary/aromatic N) is 2. The van der Waals surface area contributed by atoms with Crippen LogP contribution in [0.2, 0.25) is 0 Å². The molecule has 1 heterocycles. The molecule has 6 nitrogen and oxygen atoms in total. The van der Waals surface area contributed by atoms with Crippen LogP contribution in [0.15, 0.2) is 36.5 Å². The first kappa shape index (κ1) is 24.0. The van der Waals surface area contributed by atoms with Gasteiger partial charge in [0.1, 0.15) is 5.56 Å². The lowest BCUT2D eigenvalue weighted by molar-refractivity contribution is -0.385. The number of nitro benzene ring substituents is 1. The van der Waals surface area contributed by atoms with Crippen molar-refractivity contribution in [3.63, 3.8) is 0 Å². The van der Waals surface area contributed by atoms with E-state index in [9.17, 15) is 28.1 Å². The third-order valence-electron chi connectivity index (χ3n) is 2.99. The molecule has 2 rings (SSSR count). The highest BCUT2D eigenvalue weighted by atomic mass is 19.4. The number of carbonyl (C=O) groups excluding carboxylic acids is 1. The second-order valence-corrected chi connectivity index (χ2v) is 4.38. The standard InChI is InChI=1S/C14H9F3N2O4.2C2H6/c1-23-13(20)9-5-4-8(7-11(9)19(21)22)12-10(14(15,16)17)3-2-6-18-12;2*1-2/h2-7H,1H3;2*1-2H3. The van der Waals surface area contributed by atoms with Gasteiger partial charge in [0.05, 0.1) is 23.3 Å². The van der Waals surface area contributed by atoms with Gasteiger partial charge in [0.15, 0.2) is 0 Å². The van der Waals surface area contributed by atoms with E-state index < -0.39 is 34.0 Å². The van der Waals surface area contributed by atoms with Crippen LogP contribution in [-0.4, -0.2) is 23.0 Å². The van der Waals surface area contributed by atoms with Gasteiger partial charge in [0.2, 0.25) is 0 Å². The van der Waals surface area contributed by atoms with Crippen molar-refractivity contribution in [1.29, 1.82) is 0 Å². The second-order valence-electron chi connectivity index (χ2n) is 4.38. The second kappa shape index (κ2) is 10.9. The van der Waals surface area contributed by atoms with Gasteiger partial charge in [-0.1, -0.05) is 33.8 Å². The lowest BCUT2D eigenvalue weighted by Crippen LogP contribution is -2.09. The van der Waals surface area contributed by atoms with Crippen molar-refractivity contribution in [2.24, 2.45) is 0 Å². The summed E-state index contributed by atoms with van der Waals surface area (Å²) in [7, 11) is 1.04. The Hall–Kier alpha value is -2.97. The van der Waals surface area contributed by atoms with Crippen LogP contribution in [0, 0.1) is 10.1 Å². The summed E-state index contributed by atoms with van der Waals surface area (Å²) in [5, 5.41) is 11.1. The molecular formula is C18H21F3N2O4. The summed E-state index contributed by atoms with van der Waals surface area (Å²) in [6.07, 6.45) is -3.52. The Bertz CT molecular complexity index is 777. The third-order valence-corrected chi connectivity index (χ3v) is 2.99. The number of nitro groups is 1. The van der Waals surface area contributed by atoms with Crippen LogP contribution in [0.25, 0.3) is 11.3 Å². The number of pyridine rings is 1. The first-order valence-corrected chi connectivity index (χ1v) is 8.15. The van der Waals surface area contributed by atoms with Crippen LogP contribution in [0.5, 0.6) is 0 Å². The van der Waals surface area contributed by atoms with E-state index in [-0.39, 0.29) is 11.1 Å². The SMILES string of the molecule is CC.CC.COC(=O)c1ccc(-c2ncccc2C(F)(F)F)cc1[N+](=O)[O-]. The summed E-state index contributed by atoms with van der Waals surface area (Å²) >= 11 is 0. The number of esters is 1. The third kappa shape index (κ3) is 6.05. The number of alkyl halides is 3. The minimum absolute atomic E-state index is 0.128. The van der Waals surface area contributed by atoms with Gasteiger partial charge in [0, 0.05) is 17.8 Å². The molecule has 0 spiro atoms. The van der Waals surface area contributed by atoms with E-state index in [1.165, 1.54) is 0 Å². The predicted octanol–water partition coefficient (Wildman–Crippen LogP) is 5.51. The molecule has 0 unspecified atom stereocenters. The van der Waals surface area contributed by atoms with Gasteiger partial charge < -0.3 is 4.74 Å². The van der Waals surface area contributed by atoms with Crippen molar-refractivity contribution in [3.8, 4) is 11.3 Å². The maximum atomic E-state index is 13.0. The quantitative estimate of drug-likeness (QED) is 0.394. The molecule has 2 aromatic rings. The number of hydrogen-bond donors (Lipinski definition) is 0. The summed E-state index contributed by atoms with van der Waals surface area (Å²) in [4.78, 5) is 25.3. The Morgan fingerprint density at radius 3 is 2.22 bits per heavy atom. The van der Waals surface area contributed by atoms with Crippen molar-refractivity contribution in [1.82, 2.24) is 4.98 Å². The lowest BCUT2D eigenvalue weighted by Gasteiger charge is -2.12. The van der Waals surface area contributed by atoms with Gasteiger partial charge in [0.25, 0.3) is 5.69 Å². The number of benzene rings is 1. The molecule has 0 aliphatic heterocycles. The molecule has 0 amide bonds. The van der Waals surface area contributed by atoms with Gasteiger partial charge in [-0.05, 0) is 18.2 Å². The lowest BCUT2D eigenvalue weighted by atomic mass is 10.0. The Morgan fingerprint density at radius 2 is 1.74 bits per heavy atom. The predicted molar refractivity (Wildman–Crippen MR) is 95.4 cm³/mol. The van der Waals surface area contributed by atoms with Crippen molar-refractivity contribution in [2.75, 3.05) is 7.11 Å². The molecule has 27 heavy (non-hydrogen) atoms. The number of rotatable bonds is 3. The van der Waals surface area contributed by atoms with E-state index >= 15 is 0 Å². The summed E-state index contributed by atoms with van der Waals surface area (Å²) in [6.45, 7) is 8.00. The zero-order valence-electron chi connectivity index (χ0n) is 15.6. The summed E-state index contributed by atoms with van der Waals surface area (Å²) in [5.74, 6) is -0.958. The zero-order chi connectivity index (χ0) is 21.2. The molecule has 0 aliphatic rings. The van der Waals surface area contributed by atoms with Crippen molar-refractivity contribution in [3.05, 3.63) is 57.8 Å². The first-order valence-electron chi connectivity index (χ1n) is 8.15. The highest BCUT2D eigenvalue weighted by Gasteiger charge is 2.35. The molecule has 1 aromatic heterocycles. The first-order chi connectivity index (χ1) is 12.8. The van der Waals surface area contributed by atoms with Crippen LogP contribution in [-0.2, 0) is 10.9 Å². The minimum Gasteiger partial charge on any atom is -0.465 e. The number of methoxy groups -OCH3 is 1. The fourth-order valence-electron chi connectivity index (χ4n) is 1.98. The fraction of sp³-hybridized carbons (Fsp3) is 0.333. The molecule has 0 N–H and O–H groups in total. The van der Waals surface area contributed by atoms with E-state index in [1.54, 1.807) is 0 Å². The van der Waals surface area contributed by atoms with Gasteiger partial charge in [-0.3, -0.25) is 15.1 Å². The molecule has 1 aromatic carbocycles. The number of carbonyl (C=O) groups is 1.